The molecule has 1 aromatic rings. The molecule has 0 aliphatic carbocycles. The quantitative estimate of drug-likeness (QED) is 0.783. The highest BCUT2D eigenvalue weighted by Crippen LogP contribution is 2.34. The van der Waals surface area contributed by atoms with Gasteiger partial charge < -0.3 is 0 Å². The molecule has 2 aliphatic heterocycles. The van der Waals surface area contributed by atoms with E-state index >= 15 is 0 Å². The van der Waals surface area contributed by atoms with E-state index in [1.165, 1.54) is 0 Å². The molecule has 3 N–H and O–H groups in total. The van der Waals surface area contributed by atoms with Gasteiger partial charge in [0.15, 0.2) is 0 Å². The van der Waals surface area contributed by atoms with Crippen LogP contribution in [-0.4, -0.2) is 50.9 Å². The number of rotatable bonds is 4. The van der Waals surface area contributed by atoms with Crippen LogP contribution < -0.4 is 10.5 Å². The summed E-state index contributed by atoms with van der Waals surface area (Å²) in [7, 11) is -3.80. The minimum atomic E-state index is -3.80. The lowest BCUT2D eigenvalue weighted by Gasteiger charge is -2.38. The number of nitrogens with two attached hydrogens (primary N) is 1. The van der Waals surface area contributed by atoms with Gasteiger partial charge >= 0.3 is 0 Å². The summed E-state index contributed by atoms with van der Waals surface area (Å²) in [6.07, 6.45) is 2.00. The van der Waals surface area contributed by atoms with Crippen molar-refractivity contribution in [2.45, 2.75) is 17.6 Å². The Hall–Kier alpha value is -0.960. The third-order valence-corrected chi connectivity index (χ3v) is 5.82. The maximum absolute atomic E-state index is 11.6. The van der Waals surface area contributed by atoms with E-state index in [-0.39, 0.29) is 16.1 Å². The minimum Gasteiger partial charge on any atom is -0.297 e. The second-order valence-corrected chi connectivity index (χ2v) is 7.87. The molecule has 3 rings (SSSR count). The third-order valence-electron chi connectivity index (χ3n) is 4.44. The number of halogens is 1. The number of nitrogens with one attached hydrogen (secondary N) is 1. The summed E-state index contributed by atoms with van der Waals surface area (Å²) in [6, 6.07) is 3.32. The molecule has 1 aromatic carbocycles. The van der Waals surface area contributed by atoms with Crippen LogP contribution in [0.3, 0.4) is 0 Å². The lowest BCUT2D eigenvalue weighted by Crippen LogP contribution is -2.49. The Bertz CT molecular complexity index is 714. The molecule has 0 saturated carbocycles. The van der Waals surface area contributed by atoms with Gasteiger partial charge in [0.1, 0.15) is 4.90 Å². The highest BCUT2D eigenvalue weighted by atomic mass is 35.5. The van der Waals surface area contributed by atoms with E-state index in [4.69, 9.17) is 16.7 Å². The highest BCUT2D eigenvalue weighted by molar-refractivity contribution is 7.89. The summed E-state index contributed by atoms with van der Waals surface area (Å²) < 4.78 is 23.2. The molecule has 2 heterocycles. The molecule has 0 spiro atoms. The predicted octanol–water partition coefficient (Wildman–Crippen LogP) is 0.893. The summed E-state index contributed by atoms with van der Waals surface area (Å²) >= 11 is 6.14. The fraction of sp³-hybridized carbons (Fsp3) is 0.467. The van der Waals surface area contributed by atoms with Crippen molar-refractivity contribution in [3.8, 4) is 0 Å². The van der Waals surface area contributed by atoms with Crippen LogP contribution in [0.15, 0.2) is 29.7 Å². The summed E-state index contributed by atoms with van der Waals surface area (Å²) in [5, 5.41) is 8.84. The van der Waals surface area contributed by atoms with Crippen LogP contribution in [0.1, 0.15) is 17.3 Å². The van der Waals surface area contributed by atoms with Crippen molar-refractivity contribution in [3.05, 3.63) is 40.9 Å². The lowest BCUT2D eigenvalue weighted by atomic mass is 10.1. The number of hydrogen-bond donors (Lipinski definition) is 2. The highest BCUT2D eigenvalue weighted by Gasteiger charge is 2.31. The number of nitrogens with zero attached hydrogens (tertiary/aromatic N) is 2. The van der Waals surface area contributed by atoms with Crippen molar-refractivity contribution in [1.29, 1.82) is 0 Å². The van der Waals surface area contributed by atoms with E-state index < -0.39 is 10.0 Å². The first-order valence-electron chi connectivity index (χ1n) is 7.56. The Kier molecular flexibility index (Phi) is 4.78. The van der Waals surface area contributed by atoms with E-state index in [9.17, 15) is 8.42 Å². The number of sulfonamides is 1. The van der Waals surface area contributed by atoms with E-state index in [2.05, 4.69) is 21.7 Å². The monoisotopic (exact) mass is 356 g/mol. The second kappa shape index (κ2) is 6.51. The van der Waals surface area contributed by atoms with Gasteiger partial charge in [0.05, 0.1) is 11.2 Å². The SMILES string of the molecule is C=CCN1CCN(C2NCc3cc(S(N)(=O)=O)c(Cl)cc32)CC1. The number of benzene rings is 1. The number of piperazine rings is 1. The van der Waals surface area contributed by atoms with Crippen LogP contribution in [-0.2, 0) is 16.6 Å². The molecular formula is C15H21ClN4O2S. The Balaban J connectivity index is 1.80. The van der Waals surface area contributed by atoms with Crippen molar-refractivity contribution < 1.29 is 8.42 Å². The lowest BCUT2D eigenvalue weighted by molar-refractivity contribution is 0.0919. The zero-order chi connectivity index (χ0) is 16.6. The number of primary sulfonamides is 1. The zero-order valence-electron chi connectivity index (χ0n) is 12.8. The van der Waals surface area contributed by atoms with Crippen LogP contribution >= 0.6 is 11.6 Å². The maximum atomic E-state index is 11.6. The Labute approximate surface area is 141 Å². The molecule has 0 aromatic heterocycles. The summed E-state index contributed by atoms with van der Waals surface area (Å²) in [5.74, 6) is 0. The van der Waals surface area contributed by atoms with Gasteiger partial charge in [0.2, 0.25) is 10.0 Å². The molecule has 0 bridgehead atoms. The fourth-order valence-electron chi connectivity index (χ4n) is 3.27. The zero-order valence-corrected chi connectivity index (χ0v) is 14.4. The first-order chi connectivity index (χ1) is 10.9. The summed E-state index contributed by atoms with van der Waals surface area (Å²) in [5.41, 5.74) is 1.98. The van der Waals surface area contributed by atoms with E-state index in [0.29, 0.717) is 6.54 Å². The molecule has 6 nitrogen and oxygen atoms in total. The van der Waals surface area contributed by atoms with Gasteiger partial charge in [0.25, 0.3) is 0 Å². The first kappa shape index (κ1) is 16.9. The molecule has 1 saturated heterocycles. The fourth-order valence-corrected chi connectivity index (χ4v) is 4.40. The van der Waals surface area contributed by atoms with Crippen LogP contribution in [0.2, 0.25) is 5.02 Å². The van der Waals surface area contributed by atoms with Crippen LogP contribution in [0, 0.1) is 0 Å². The molecule has 126 valence electrons. The van der Waals surface area contributed by atoms with Gasteiger partial charge in [-0.3, -0.25) is 15.1 Å². The average Bonchev–Trinajstić information content (AvgIpc) is 2.89. The minimum absolute atomic E-state index is 0.00355. The normalized spacial score (nSPS) is 23.0. The third kappa shape index (κ3) is 3.45. The molecule has 1 fully saturated rings. The van der Waals surface area contributed by atoms with Crippen molar-refractivity contribution in [1.82, 2.24) is 15.1 Å². The van der Waals surface area contributed by atoms with Crippen molar-refractivity contribution in [2.24, 2.45) is 5.14 Å². The second-order valence-electron chi connectivity index (χ2n) is 5.94. The molecule has 0 amide bonds. The van der Waals surface area contributed by atoms with Gasteiger partial charge in [-0.15, -0.1) is 6.58 Å². The smallest absolute Gasteiger partial charge is 0.239 e. The van der Waals surface area contributed by atoms with Gasteiger partial charge in [-0.1, -0.05) is 17.7 Å². The van der Waals surface area contributed by atoms with Gasteiger partial charge in [-0.05, 0) is 23.3 Å². The molecule has 23 heavy (non-hydrogen) atoms. The summed E-state index contributed by atoms with van der Waals surface area (Å²) in [4.78, 5) is 4.71. The van der Waals surface area contributed by atoms with Crippen LogP contribution in [0.5, 0.6) is 0 Å². The van der Waals surface area contributed by atoms with Crippen molar-refractivity contribution >= 4 is 21.6 Å². The Morgan fingerprint density at radius 2 is 2.04 bits per heavy atom. The predicted molar refractivity (Wildman–Crippen MR) is 90.6 cm³/mol. The van der Waals surface area contributed by atoms with Crippen molar-refractivity contribution in [2.75, 3.05) is 32.7 Å². The number of fused-ring (bicyclic) bond motifs is 1. The van der Waals surface area contributed by atoms with Crippen molar-refractivity contribution in [3.63, 3.8) is 0 Å². The first-order valence-corrected chi connectivity index (χ1v) is 9.48. The average molecular weight is 357 g/mol. The largest absolute Gasteiger partial charge is 0.297 e. The number of hydrogen-bond acceptors (Lipinski definition) is 5. The topological polar surface area (TPSA) is 78.7 Å². The maximum Gasteiger partial charge on any atom is 0.239 e. The van der Waals surface area contributed by atoms with E-state index in [1.807, 2.05) is 6.08 Å². The Morgan fingerprint density at radius 1 is 1.35 bits per heavy atom. The molecule has 8 heteroatoms. The molecular weight excluding hydrogens is 336 g/mol. The Morgan fingerprint density at radius 3 is 2.65 bits per heavy atom. The van der Waals surface area contributed by atoms with Crippen LogP contribution in [0.4, 0.5) is 0 Å². The summed E-state index contributed by atoms with van der Waals surface area (Å²) in [6.45, 7) is 9.17. The molecule has 1 unspecified atom stereocenters. The van der Waals surface area contributed by atoms with E-state index in [1.54, 1.807) is 12.1 Å². The molecule has 2 aliphatic rings. The van der Waals surface area contributed by atoms with Gasteiger partial charge in [-0.2, -0.15) is 0 Å². The van der Waals surface area contributed by atoms with Gasteiger partial charge in [0, 0.05) is 39.3 Å². The standard InChI is InChI=1S/C15H21ClN4O2S/c1-2-3-19-4-6-20(7-5-19)15-12-9-13(16)14(23(17,21)22)8-11(12)10-18-15/h2,8-9,15,18H,1,3-7,10H2,(H2,17,21,22). The molecule has 0 radical (unpaired) electrons. The van der Waals surface area contributed by atoms with E-state index in [0.717, 1.165) is 43.9 Å². The van der Waals surface area contributed by atoms with Crippen LogP contribution in [0.25, 0.3) is 0 Å². The molecule has 1 atom stereocenters. The van der Waals surface area contributed by atoms with Gasteiger partial charge in [-0.25, -0.2) is 13.6 Å².